The van der Waals surface area contributed by atoms with Crippen molar-refractivity contribution in [2.75, 3.05) is 21.3 Å². The van der Waals surface area contributed by atoms with E-state index in [0.29, 0.717) is 34.1 Å². The minimum Gasteiger partial charge on any atom is -0.493 e. The van der Waals surface area contributed by atoms with Gasteiger partial charge in [0.25, 0.3) is 5.91 Å². The highest BCUT2D eigenvalue weighted by Gasteiger charge is 2.19. The van der Waals surface area contributed by atoms with Crippen molar-refractivity contribution in [2.24, 2.45) is 0 Å². The van der Waals surface area contributed by atoms with Crippen molar-refractivity contribution in [1.29, 1.82) is 0 Å². The molecule has 0 spiro atoms. The zero-order valence-corrected chi connectivity index (χ0v) is 18.3. The fourth-order valence-electron chi connectivity index (χ4n) is 3.60. The molecule has 0 aliphatic rings. The number of rotatable bonds is 7. The molecule has 0 aliphatic carbocycles. The number of hydrogen-bond donors (Lipinski definition) is 1. The maximum absolute atomic E-state index is 13.0. The lowest BCUT2D eigenvalue weighted by molar-refractivity contribution is 0.0940. The summed E-state index contributed by atoms with van der Waals surface area (Å²) in [5.41, 5.74) is 2.93. The molecule has 1 aromatic heterocycles. The van der Waals surface area contributed by atoms with Crippen LogP contribution in [0.25, 0.3) is 22.2 Å². The highest BCUT2D eigenvalue weighted by Crippen LogP contribution is 2.39. The SMILES string of the molecule is COc1cc(C(C)NC(=O)c2ccc3noc(-c4ccccc4)c3c2)cc(OC)c1OC. The van der Waals surface area contributed by atoms with Gasteiger partial charge in [-0.05, 0) is 42.8 Å². The van der Waals surface area contributed by atoms with Crippen LogP contribution in [0.2, 0.25) is 0 Å². The molecule has 1 unspecified atom stereocenters. The number of benzene rings is 3. The molecule has 0 aliphatic heterocycles. The molecular weight excluding hydrogens is 408 g/mol. The van der Waals surface area contributed by atoms with E-state index in [1.807, 2.05) is 49.4 Å². The first-order valence-electron chi connectivity index (χ1n) is 10.1. The average molecular weight is 432 g/mol. The minimum atomic E-state index is -0.303. The van der Waals surface area contributed by atoms with Crippen LogP contribution in [-0.2, 0) is 0 Å². The number of hydrogen-bond acceptors (Lipinski definition) is 6. The van der Waals surface area contributed by atoms with Crippen molar-refractivity contribution in [3.63, 3.8) is 0 Å². The summed E-state index contributed by atoms with van der Waals surface area (Å²) in [4.78, 5) is 13.0. The van der Waals surface area contributed by atoms with Gasteiger partial charge in [0.1, 0.15) is 5.52 Å². The first-order chi connectivity index (χ1) is 15.5. The van der Waals surface area contributed by atoms with E-state index in [9.17, 15) is 4.79 Å². The summed E-state index contributed by atoms with van der Waals surface area (Å²) in [6, 6.07) is 18.3. The van der Waals surface area contributed by atoms with E-state index in [1.54, 1.807) is 39.5 Å². The Kier molecular flexibility index (Phi) is 5.98. The number of carbonyl (C=O) groups excluding carboxylic acids is 1. The van der Waals surface area contributed by atoms with E-state index in [-0.39, 0.29) is 11.9 Å². The van der Waals surface area contributed by atoms with Crippen LogP contribution in [0.15, 0.2) is 65.2 Å². The van der Waals surface area contributed by atoms with Crippen molar-refractivity contribution >= 4 is 16.8 Å². The van der Waals surface area contributed by atoms with Crippen molar-refractivity contribution in [2.45, 2.75) is 13.0 Å². The second-order valence-corrected chi connectivity index (χ2v) is 7.26. The zero-order chi connectivity index (χ0) is 22.7. The van der Waals surface area contributed by atoms with Crippen LogP contribution in [0.5, 0.6) is 17.2 Å². The van der Waals surface area contributed by atoms with Crippen LogP contribution in [-0.4, -0.2) is 32.4 Å². The fraction of sp³-hybridized carbons (Fsp3) is 0.200. The van der Waals surface area contributed by atoms with Gasteiger partial charge in [-0.2, -0.15) is 0 Å². The molecule has 1 atom stereocenters. The molecule has 1 amide bonds. The number of carbonyl (C=O) groups is 1. The predicted octanol–water partition coefficient (Wildman–Crippen LogP) is 5.01. The van der Waals surface area contributed by atoms with E-state index >= 15 is 0 Å². The second kappa shape index (κ2) is 9.01. The summed E-state index contributed by atoms with van der Waals surface area (Å²) in [7, 11) is 4.67. The second-order valence-electron chi connectivity index (χ2n) is 7.26. The largest absolute Gasteiger partial charge is 0.493 e. The van der Waals surface area contributed by atoms with Gasteiger partial charge in [-0.25, -0.2) is 0 Å². The minimum absolute atomic E-state index is 0.214. The van der Waals surface area contributed by atoms with Crippen LogP contribution >= 0.6 is 0 Å². The molecule has 0 radical (unpaired) electrons. The van der Waals surface area contributed by atoms with E-state index in [1.165, 1.54) is 0 Å². The van der Waals surface area contributed by atoms with E-state index in [4.69, 9.17) is 18.7 Å². The molecule has 7 heteroatoms. The van der Waals surface area contributed by atoms with E-state index in [0.717, 1.165) is 16.5 Å². The van der Waals surface area contributed by atoms with Gasteiger partial charge in [0.15, 0.2) is 17.3 Å². The van der Waals surface area contributed by atoms with Crippen molar-refractivity contribution in [3.05, 3.63) is 71.8 Å². The summed E-state index contributed by atoms with van der Waals surface area (Å²) < 4.78 is 21.7. The monoisotopic (exact) mass is 432 g/mol. The van der Waals surface area contributed by atoms with Crippen molar-refractivity contribution in [3.8, 4) is 28.6 Å². The third-order valence-corrected chi connectivity index (χ3v) is 5.31. The topological polar surface area (TPSA) is 82.8 Å². The standard InChI is InChI=1S/C25H24N2O5/c1-15(18-13-21(29-2)24(31-4)22(14-18)30-3)26-25(28)17-10-11-20-19(12-17)23(32-27-20)16-8-6-5-7-9-16/h5-15H,1-4H3,(H,26,28). The predicted molar refractivity (Wildman–Crippen MR) is 121 cm³/mol. The first kappa shape index (κ1) is 21.2. The van der Waals surface area contributed by atoms with Gasteiger partial charge in [0, 0.05) is 11.1 Å². The van der Waals surface area contributed by atoms with Crippen LogP contribution in [0.1, 0.15) is 28.9 Å². The molecule has 4 rings (SSSR count). The lowest BCUT2D eigenvalue weighted by Gasteiger charge is -2.19. The van der Waals surface area contributed by atoms with E-state index < -0.39 is 0 Å². The Bertz CT molecular complexity index is 1220. The van der Waals surface area contributed by atoms with Crippen molar-refractivity contribution in [1.82, 2.24) is 10.5 Å². The summed E-state index contributed by atoms with van der Waals surface area (Å²) in [6.45, 7) is 1.89. The van der Waals surface area contributed by atoms with E-state index in [2.05, 4.69) is 10.5 Å². The summed E-state index contributed by atoms with van der Waals surface area (Å²) >= 11 is 0. The van der Waals surface area contributed by atoms with Gasteiger partial charge in [-0.3, -0.25) is 4.79 Å². The maximum atomic E-state index is 13.0. The molecule has 1 heterocycles. The smallest absolute Gasteiger partial charge is 0.251 e. The van der Waals surface area contributed by atoms with Gasteiger partial charge < -0.3 is 24.1 Å². The Balaban J connectivity index is 1.61. The molecular formula is C25H24N2O5. The molecule has 4 aromatic rings. The first-order valence-corrected chi connectivity index (χ1v) is 10.1. The number of nitrogens with zero attached hydrogens (tertiary/aromatic N) is 1. The van der Waals surface area contributed by atoms with Crippen LogP contribution < -0.4 is 19.5 Å². The number of methoxy groups -OCH3 is 3. The normalized spacial score (nSPS) is 11.8. The summed E-state index contributed by atoms with van der Waals surface area (Å²) in [6.07, 6.45) is 0. The van der Waals surface area contributed by atoms with Crippen molar-refractivity contribution < 1.29 is 23.5 Å². The van der Waals surface area contributed by atoms with Crippen LogP contribution in [0.3, 0.4) is 0 Å². The molecule has 0 saturated carbocycles. The Morgan fingerprint density at radius 2 is 1.62 bits per heavy atom. The molecule has 3 aromatic carbocycles. The molecule has 164 valence electrons. The number of amides is 1. The number of nitrogens with one attached hydrogen (secondary N) is 1. The molecule has 0 saturated heterocycles. The highest BCUT2D eigenvalue weighted by molar-refractivity contribution is 6.01. The Hall–Kier alpha value is -4.00. The zero-order valence-electron chi connectivity index (χ0n) is 18.3. The summed E-state index contributed by atoms with van der Waals surface area (Å²) in [5, 5.41) is 7.92. The van der Waals surface area contributed by atoms with Gasteiger partial charge in [-0.1, -0.05) is 35.5 Å². The number of aromatic nitrogens is 1. The lowest BCUT2D eigenvalue weighted by atomic mass is 10.0. The maximum Gasteiger partial charge on any atom is 0.251 e. The van der Waals surface area contributed by atoms with Crippen LogP contribution in [0.4, 0.5) is 0 Å². The summed E-state index contributed by atoms with van der Waals surface area (Å²) in [5.74, 6) is 1.98. The molecule has 0 bridgehead atoms. The number of ether oxygens (including phenoxy) is 3. The average Bonchev–Trinajstić information content (AvgIpc) is 3.26. The Morgan fingerprint density at radius 1 is 0.938 bits per heavy atom. The molecule has 0 fully saturated rings. The molecule has 7 nitrogen and oxygen atoms in total. The quantitative estimate of drug-likeness (QED) is 0.442. The highest BCUT2D eigenvalue weighted by atomic mass is 16.5. The third kappa shape index (κ3) is 3.97. The fourth-order valence-corrected chi connectivity index (χ4v) is 3.60. The Labute approximate surface area is 185 Å². The lowest BCUT2D eigenvalue weighted by Crippen LogP contribution is -2.26. The molecule has 1 N–H and O–H groups in total. The number of fused-ring (bicyclic) bond motifs is 1. The van der Waals surface area contributed by atoms with Gasteiger partial charge >= 0.3 is 0 Å². The van der Waals surface area contributed by atoms with Crippen LogP contribution in [0, 0.1) is 0 Å². The Morgan fingerprint density at radius 3 is 2.25 bits per heavy atom. The van der Waals surface area contributed by atoms with Gasteiger partial charge in [-0.15, -0.1) is 0 Å². The molecule has 32 heavy (non-hydrogen) atoms. The third-order valence-electron chi connectivity index (χ3n) is 5.31. The van der Waals surface area contributed by atoms with Gasteiger partial charge in [0.2, 0.25) is 5.75 Å². The van der Waals surface area contributed by atoms with Gasteiger partial charge in [0.05, 0.1) is 32.8 Å².